The molecule has 1 aliphatic rings. The van der Waals surface area contributed by atoms with Crippen molar-refractivity contribution < 1.29 is 44.5 Å². The molecule has 0 radical (unpaired) electrons. The Kier molecular flexibility index (Phi) is 7.13. The Hall–Kier alpha value is -2.99. The topological polar surface area (TPSA) is 170 Å². The zero-order valence-electron chi connectivity index (χ0n) is 19.2. The number of hydrogen-bond acceptors (Lipinski definition) is 10. The maximum absolute atomic E-state index is 13.3. The molecule has 5 unspecified atom stereocenters. The fourth-order valence-electron chi connectivity index (χ4n) is 4.17. The van der Waals surface area contributed by atoms with Gasteiger partial charge in [-0.25, -0.2) is 0 Å². The standard InChI is InChI=1S/C25H28O10/c1-11(2)14-7-12(3-5-17(14)28)16-10-33-24-13(20(16)29)4-6-18(15(24)8-26)34-25-23(32)22(31)21(30)19(9-27)35-25/h3-7,10-11,19,21-23,25-28,30-32H,8-9H2,1-2H3. The van der Waals surface area contributed by atoms with Crippen LogP contribution >= 0.6 is 0 Å². The van der Waals surface area contributed by atoms with E-state index in [4.69, 9.17) is 13.9 Å². The van der Waals surface area contributed by atoms with Crippen LogP contribution < -0.4 is 10.2 Å². The van der Waals surface area contributed by atoms with Gasteiger partial charge in [0.05, 0.1) is 29.7 Å². The van der Waals surface area contributed by atoms with E-state index in [1.165, 1.54) is 24.5 Å². The summed E-state index contributed by atoms with van der Waals surface area (Å²) in [5.41, 5.74) is 1.32. The summed E-state index contributed by atoms with van der Waals surface area (Å²) in [5, 5.41) is 59.8. The minimum absolute atomic E-state index is 0.0203. The van der Waals surface area contributed by atoms with Crippen molar-refractivity contribution in [1.29, 1.82) is 0 Å². The SMILES string of the molecule is CC(C)c1cc(-c2coc3c(CO)c(OC4OC(CO)C(O)C(O)C4O)ccc3c2=O)ccc1O. The molecule has 0 amide bonds. The third-order valence-electron chi connectivity index (χ3n) is 6.21. The predicted octanol–water partition coefficient (Wildman–Crippen LogP) is 0.960. The molecular weight excluding hydrogens is 460 g/mol. The number of aliphatic hydroxyl groups excluding tert-OH is 5. The van der Waals surface area contributed by atoms with E-state index in [9.17, 15) is 35.4 Å². The summed E-state index contributed by atoms with van der Waals surface area (Å²) in [4.78, 5) is 13.3. The Morgan fingerprint density at radius 3 is 2.43 bits per heavy atom. The Morgan fingerprint density at radius 1 is 1.03 bits per heavy atom. The molecule has 4 rings (SSSR count). The average Bonchev–Trinajstić information content (AvgIpc) is 2.84. The van der Waals surface area contributed by atoms with Gasteiger partial charge in [-0.1, -0.05) is 19.9 Å². The van der Waals surface area contributed by atoms with Gasteiger partial charge in [0, 0.05) is 0 Å². The van der Waals surface area contributed by atoms with E-state index in [0.717, 1.165) is 0 Å². The van der Waals surface area contributed by atoms with Crippen molar-refractivity contribution in [2.75, 3.05) is 6.61 Å². The molecule has 188 valence electrons. The van der Waals surface area contributed by atoms with Gasteiger partial charge in [-0.15, -0.1) is 0 Å². The minimum atomic E-state index is -1.64. The van der Waals surface area contributed by atoms with Gasteiger partial charge < -0.3 is 44.5 Å². The van der Waals surface area contributed by atoms with E-state index in [2.05, 4.69) is 0 Å². The maximum Gasteiger partial charge on any atom is 0.229 e. The highest BCUT2D eigenvalue weighted by Crippen LogP contribution is 2.33. The summed E-state index contributed by atoms with van der Waals surface area (Å²) in [6, 6.07) is 7.69. The first-order valence-electron chi connectivity index (χ1n) is 11.2. The van der Waals surface area contributed by atoms with E-state index in [1.807, 2.05) is 13.8 Å². The molecule has 3 aromatic rings. The quantitative estimate of drug-likeness (QED) is 0.294. The van der Waals surface area contributed by atoms with Gasteiger partial charge in [0.15, 0.2) is 0 Å². The fourth-order valence-corrected chi connectivity index (χ4v) is 4.17. The highest BCUT2D eigenvalue weighted by Gasteiger charge is 2.45. The van der Waals surface area contributed by atoms with Crippen LogP contribution in [0.15, 0.2) is 45.8 Å². The van der Waals surface area contributed by atoms with Gasteiger partial charge in [-0.05, 0) is 41.3 Å². The molecule has 1 aliphatic heterocycles. The third kappa shape index (κ3) is 4.52. The van der Waals surface area contributed by atoms with Gasteiger partial charge in [-0.2, -0.15) is 0 Å². The zero-order chi connectivity index (χ0) is 25.4. The third-order valence-corrected chi connectivity index (χ3v) is 6.21. The molecule has 0 saturated carbocycles. The minimum Gasteiger partial charge on any atom is -0.508 e. The summed E-state index contributed by atoms with van der Waals surface area (Å²) < 4.78 is 16.7. The second-order valence-corrected chi connectivity index (χ2v) is 8.80. The largest absolute Gasteiger partial charge is 0.508 e. The van der Waals surface area contributed by atoms with E-state index in [-0.39, 0.29) is 44.9 Å². The lowest BCUT2D eigenvalue weighted by Gasteiger charge is -2.39. The molecule has 6 N–H and O–H groups in total. The Bertz CT molecular complexity index is 1270. The lowest BCUT2D eigenvalue weighted by Crippen LogP contribution is -2.60. The summed E-state index contributed by atoms with van der Waals surface area (Å²) >= 11 is 0. The van der Waals surface area contributed by atoms with Crippen LogP contribution in [-0.2, 0) is 11.3 Å². The number of phenolic OH excluding ortho intramolecular Hbond substituents is 1. The van der Waals surface area contributed by atoms with E-state index in [0.29, 0.717) is 11.1 Å². The number of aliphatic hydroxyl groups is 5. The van der Waals surface area contributed by atoms with Crippen molar-refractivity contribution in [3.8, 4) is 22.6 Å². The van der Waals surface area contributed by atoms with Gasteiger partial charge in [0.1, 0.15) is 47.8 Å². The van der Waals surface area contributed by atoms with E-state index >= 15 is 0 Å². The zero-order valence-corrected chi connectivity index (χ0v) is 19.2. The smallest absolute Gasteiger partial charge is 0.229 e. The molecule has 35 heavy (non-hydrogen) atoms. The molecule has 10 nitrogen and oxygen atoms in total. The monoisotopic (exact) mass is 488 g/mol. The van der Waals surface area contributed by atoms with Crippen LogP contribution in [0, 0.1) is 0 Å². The van der Waals surface area contributed by atoms with Crippen LogP contribution in [0.3, 0.4) is 0 Å². The molecule has 1 aromatic heterocycles. The number of fused-ring (bicyclic) bond motifs is 1. The van der Waals surface area contributed by atoms with Crippen molar-refractivity contribution in [3.05, 3.63) is 57.9 Å². The van der Waals surface area contributed by atoms with Crippen molar-refractivity contribution in [3.63, 3.8) is 0 Å². The highest BCUT2D eigenvalue weighted by molar-refractivity contribution is 5.85. The van der Waals surface area contributed by atoms with Crippen molar-refractivity contribution >= 4 is 11.0 Å². The maximum atomic E-state index is 13.3. The fraction of sp³-hybridized carbons (Fsp3) is 0.400. The molecule has 1 saturated heterocycles. The molecule has 0 bridgehead atoms. The normalized spacial score (nSPS) is 24.7. The Labute approximate surface area is 200 Å². The molecule has 0 aliphatic carbocycles. The van der Waals surface area contributed by atoms with E-state index in [1.54, 1.807) is 12.1 Å². The molecular formula is C25H28O10. The van der Waals surface area contributed by atoms with Gasteiger partial charge in [0.25, 0.3) is 0 Å². The second kappa shape index (κ2) is 9.94. The second-order valence-electron chi connectivity index (χ2n) is 8.80. The van der Waals surface area contributed by atoms with Crippen LogP contribution in [0.1, 0.15) is 30.9 Å². The van der Waals surface area contributed by atoms with Crippen molar-refractivity contribution in [1.82, 2.24) is 0 Å². The van der Waals surface area contributed by atoms with Crippen LogP contribution in [-0.4, -0.2) is 68.0 Å². The van der Waals surface area contributed by atoms with Crippen LogP contribution in [0.25, 0.3) is 22.1 Å². The van der Waals surface area contributed by atoms with Crippen molar-refractivity contribution in [2.45, 2.75) is 57.1 Å². The number of ether oxygens (including phenoxy) is 2. The number of hydrogen-bond donors (Lipinski definition) is 6. The number of benzene rings is 2. The van der Waals surface area contributed by atoms with Gasteiger partial charge in [0.2, 0.25) is 11.7 Å². The first-order valence-corrected chi connectivity index (χ1v) is 11.2. The summed E-state index contributed by atoms with van der Waals surface area (Å²) in [6.07, 6.45) is -6.20. The highest BCUT2D eigenvalue weighted by atomic mass is 16.7. The molecule has 5 atom stereocenters. The first kappa shape index (κ1) is 25.1. The summed E-state index contributed by atoms with van der Waals surface area (Å²) in [7, 11) is 0. The number of phenols is 1. The molecule has 10 heteroatoms. The first-order chi connectivity index (χ1) is 16.7. The van der Waals surface area contributed by atoms with Crippen molar-refractivity contribution in [2.24, 2.45) is 0 Å². The van der Waals surface area contributed by atoms with Gasteiger partial charge in [-0.3, -0.25) is 4.79 Å². The lowest BCUT2D eigenvalue weighted by molar-refractivity contribution is -0.277. The Morgan fingerprint density at radius 2 is 1.77 bits per heavy atom. The lowest BCUT2D eigenvalue weighted by atomic mass is 9.96. The number of aromatic hydroxyl groups is 1. The van der Waals surface area contributed by atoms with Gasteiger partial charge >= 0.3 is 0 Å². The molecule has 1 fully saturated rings. The van der Waals surface area contributed by atoms with Crippen LogP contribution in [0.4, 0.5) is 0 Å². The summed E-state index contributed by atoms with van der Waals surface area (Å²) in [6.45, 7) is 2.64. The Balaban J connectivity index is 1.73. The van der Waals surface area contributed by atoms with Crippen LogP contribution in [0.2, 0.25) is 0 Å². The average molecular weight is 488 g/mol. The van der Waals surface area contributed by atoms with E-state index < -0.39 is 43.9 Å². The predicted molar refractivity (Wildman–Crippen MR) is 124 cm³/mol. The molecule has 0 spiro atoms. The number of rotatable bonds is 6. The van der Waals surface area contributed by atoms with Crippen LogP contribution in [0.5, 0.6) is 11.5 Å². The summed E-state index contributed by atoms with van der Waals surface area (Å²) in [5.74, 6) is 0.184. The molecule has 2 aromatic carbocycles. The molecule has 2 heterocycles.